The zero-order valence-corrected chi connectivity index (χ0v) is 13.1. The predicted octanol–water partition coefficient (Wildman–Crippen LogP) is 1.20. The molecular weight excluding hydrogens is 337 g/mol. The van der Waals surface area contributed by atoms with E-state index >= 15 is 0 Å². The van der Waals surface area contributed by atoms with E-state index in [1.54, 1.807) is 6.92 Å². The van der Waals surface area contributed by atoms with Gasteiger partial charge in [-0.1, -0.05) is 0 Å². The van der Waals surface area contributed by atoms with E-state index in [0.717, 1.165) is 16.7 Å². The fraction of sp³-hybridized carbons (Fsp3) is 0.500. The highest BCUT2D eigenvalue weighted by atomic mass is 32.2. The van der Waals surface area contributed by atoms with Crippen molar-refractivity contribution in [2.24, 2.45) is 0 Å². The molecule has 11 heteroatoms. The predicted molar refractivity (Wildman–Crippen MR) is 75.1 cm³/mol. The maximum atomic E-state index is 12.7. The van der Waals surface area contributed by atoms with Crippen LogP contribution in [-0.4, -0.2) is 42.0 Å². The van der Waals surface area contributed by atoms with Gasteiger partial charge in [0.2, 0.25) is 10.0 Å². The Hall–Kier alpha value is -1.72. The van der Waals surface area contributed by atoms with E-state index in [-0.39, 0.29) is 23.8 Å². The number of aromatic nitrogens is 3. The van der Waals surface area contributed by atoms with Crippen LogP contribution in [0.15, 0.2) is 18.3 Å². The molecule has 23 heavy (non-hydrogen) atoms. The molecule has 0 aliphatic rings. The van der Waals surface area contributed by atoms with Crippen LogP contribution in [0.3, 0.4) is 0 Å². The zero-order valence-electron chi connectivity index (χ0n) is 12.3. The van der Waals surface area contributed by atoms with Crippen LogP contribution >= 0.6 is 0 Å². The second-order valence-corrected chi connectivity index (χ2v) is 6.76. The van der Waals surface area contributed by atoms with Crippen molar-refractivity contribution in [3.05, 3.63) is 29.7 Å². The maximum absolute atomic E-state index is 12.7. The quantitative estimate of drug-likeness (QED) is 0.844. The van der Waals surface area contributed by atoms with Crippen molar-refractivity contribution in [1.29, 1.82) is 0 Å². The summed E-state index contributed by atoms with van der Waals surface area (Å²) in [6.07, 6.45) is -4.20. The number of hydrogen-bond donors (Lipinski definition) is 1. The number of ether oxygens (including phenoxy) is 1. The van der Waals surface area contributed by atoms with Crippen molar-refractivity contribution in [3.63, 3.8) is 0 Å². The molecule has 0 bridgehead atoms. The lowest BCUT2D eigenvalue weighted by Gasteiger charge is -2.11. The Morgan fingerprint density at radius 2 is 2.04 bits per heavy atom. The molecule has 1 atom stereocenters. The number of fused-ring (bicyclic) bond motifs is 1. The molecular formula is C12H15F3N4O3S. The Bertz CT molecular complexity index is 788. The third kappa shape index (κ3) is 4.39. The van der Waals surface area contributed by atoms with Crippen LogP contribution in [-0.2, 0) is 27.5 Å². The monoisotopic (exact) mass is 352 g/mol. The van der Waals surface area contributed by atoms with Gasteiger partial charge in [-0.05, 0) is 19.1 Å². The lowest BCUT2D eigenvalue weighted by Crippen LogP contribution is -2.32. The molecule has 2 aromatic rings. The Kier molecular flexibility index (Phi) is 4.92. The van der Waals surface area contributed by atoms with Gasteiger partial charge in [0, 0.05) is 13.3 Å². The van der Waals surface area contributed by atoms with E-state index in [1.165, 1.54) is 13.2 Å². The molecule has 0 saturated heterocycles. The number of methoxy groups -OCH3 is 1. The van der Waals surface area contributed by atoms with Gasteiger partial charge in [-0.15, -0.1) is 10.2 Å². The summed E-state index contributed by atoms with van der Waals surface area (Å²) in [5, 5.41) is 7.41. The molecule has 0 aromatic carbocycles. The molecule has 0 fully saturated rings. The number of pyridine rings is 1. The van der Waals surface area contributed by atoms with Gasteiger partial charge < -0.3 is 4.74 Å². The smallest absolute Gasteiger partial charge is 0.381 e. The third-order valence-corrected chi connectivity index (χ3v) is 4.60. The summed E-state index contributed by atoms with van der Waals surface area (Å²) >= 11 is 0. The summed E-state index contributed by atoms with van der Waals surface area (Å²) in [5.74, 6) is -0.214. The Morgan fingerprint density at radius 3 is 2.65 bits per heavy atom. The van der Waals surface area contributed by atoms with Crippen molar-refractivity contribution in [2.45, 2.75) is 25.7 Å². The fourth-order valence-corrected chi connectivity index (χ4v) is 3.06. The van der Waals surface area contributed by atoms with Gasteiger partial charge in [0.05, 0.1) is 24.0 Å². The molecule has 0 amide bonds. The number of hydrogen-bond acceptors (Lipinski definition) is 5. The first-order chi connectivity index (χ1) is 10.6. The Labute approximate surface area is 130 Å². The van der Waals surface area contributed by atoms with E-state index < -0.39 is 27.9 Å². The molecule has 2 aromatic heterocycles. The highest BCUT2D eigenvalue weighted by molar-refractivity contribution is 7.89. The minimum Gasteiger partial charge on any atom is -0.381 e. The van der Waals surface area contributed by atoms with Crippen LogP contribution in [0, 0.1) is 0 Å². The van der Waals surface area contributed by atoms with Gasteiger partial charge in [0.25, 0.3) is 0 Å². The first-order valence-electron chi connectivity index (χ1n) is 6.53. The highest BCUT2D eigenvalue weighted by Crippen LogP contribution is 2.29. The maximum Gasteiger partial charge on any atom is 0.417 e. The molecule has 0 radical (unpaired) electrons. The lowest BCUT2D eigenvalue weighted by atomic mass is 10.3. The van der Waals surface area contributed by atoms with E-state index in [9.17, 15) is 21.6 Å². The highest BCUT2D eigenvalue weighted by Gasteiger charge is 2.31. The number of sulfonamides is 1. The molecule has 0 saturated carbocycles. The number of alkyl halides is 3. The second-order valence-electron chi connectivity index (χ2n) is 4.91. The molecule has 128 valence electrons. The van der Waals surface area contributed by atoms with Gasteiger partial charge in [0.15, 0.2) is 11.5 Å². The average Bonchev–Trinajstić information content (AvgIpc) is 2.86. The third-order valence-electron chi connectivity index (χ3n) is 3.11. The topological polar surface area (TPSA) is 85.6 Å². The van der Waals surface area contributed by atoms with E-state index in [1.807, 2.05) is 0 Å². The molecule has 0 aliphatic heterocycles. The Morgan fingerprint density at radius 1 is 1.35 bits per heavy atom. The molecule has 0 spiro atoms. The second kappa shape index (κ2) is 6.42. The standard InChI is InChI=1S/C12H15F3N4O3S/c1-8(22-2)7-23(20,21)16-5-11-18-17-10-4-3-9(6-19(10)11)12(13,14)15/h3-4,6,8,16H,5,7H2,1-2H3. The first kappa shape index (κ1) is 17.6. The van der Waals surface area contributed by atoms with Crippen molar-refractivity contribution >= 4 is 15.7 Å². The van der Waals surface area contributed by atoms with E-state index in [4.69, 9.17) is 4.74 Å². The molecule has 7 nitrogen and oxygen atoms in total. The summed E-state index contributed by atoms with van der Waals surface area (Å²) in [7, 11) is -2.27. The molecule has 2 heterocycles. The van der Waals surface area contributed by atoms with Crippen LogP contribution in [0.4, 0.5) is 13.2 Å². The summed E-state index contributed by atoms with van der Waals surface area (Å²) in [4.78, 5) is 0. The van der Waals surface area contributed by atoms with Crippen LogP contribution < -0.4 is 4.72 Å². The van der Waals surface area contributed by atoms with Crippen LogP contribution in [0.2, 0.25) is 0 Å². The van der Waals surface area contributed by atoms with Crippen LogP contribution in [0.5, 0.6) is 0 Å². The first-order valence-corrected chi connectivity index (χ1v) is 8.18. The summed E-state index contributed by atoms with van der Waals surface area (Å²) < 4.78 is 70.1. The van der Waals surface area contributed by atoms with E-state index in [0.29, 0.717) is 0 Å². The number of nitrogens with one attached hydrogen (secondary N) is 1. The summed E-state index contributed by atoms with van der Waals surface area (Å²) in [5.41, 5.74) is -0.681. The van der Waals surface area contributed by atoms with Gasteiger partial charge in [-0.2, -0.15) is 13.2 Å². The number of nitrogens with zero attached hydrogens (tertiary/aromatic N) is 3. The molecule has 0 aliphatic carbocycles. The van der Waals surface area contributed by atoms with Crippen LogP contribution in [0.25, 0.3) is 5.65 Å². The zero-order chi connectivity index (χ0) is 17.3. The largest absolute Gasteiger partial charge is 0.417 e. The average molecular weight is 352 g/mol. The van der Waals surface area contributed by atoms with Crippen molar-refractivity contribution in [2.75, 3.05) is 12.9 Å². The summed E-state index contributed by atoms with van der Waals surface area (Å²) in [6.45, 7) is 1.31. The van der Waals surface area contributed by atoms with Gasteiger partial charge in [-0.3, -0.25) is 4.40 Å². The van der Waals surface area contributed by atoms with Crippen molar-refractivity contribution < 1.29 is 26.3 Å². The van der Waals surface area contributed by atoms with Crippen molar-refractivity contribution in [1.82, 2.24) is 19.3 Å². The Balaban J connectivity index is 2.21. The SMILES string of the molecule is COC(C)CS(=O)(=O)NCc1nnc2ccc(C(F)(F)F)cn12. The lowest BCUT2D eigenvalue weighted by molar-refractivity contribution is -0.137. The van der Waals surface area contributed by atoms with Gasteiger partial charge in [-0.25, -0.2) is 13.1 Å². The van der Waals surface area contributed by atoms with Gasteiger partial charge >= 0.3 is 6.18 Å². The minimum absolute atomic E-state index is 0.0553. The van der Waals surface area contributed by atoms with Gasteiger partial charge in [0.1, 0.15) is 0 Å². The molecule has 1 N–H and O–H groups in total. The minimum atomic E-state index is -4.51. The number of rotatable bonds is 6. The fourth-order valence-electron chi connectivity index (χ4n) is 1.84. The summed E-state index contributed by atoms with van der Waals surface area (Å²) in [6, 6.07) is 2.05. The van der Waals surface area contributed by atoms with E-state index in [2.05, 4.69) is 14.9 Å². The number of halogens is 3. The molecule has 2 rings (SSSR count). The molecule has 1 unspecified atom stereocenters. The normalized spacial score (nSPS) is 14.3. The van der Waals surface area contributed by atoms with Crippen molar-refractivity contribution in [3.8, 4) is 0 Å². The van der Waals surface area contributed by atoms with Crippen LogP contribution in [0.1, 0.15) is 18.3 Å².